The van der Waals surface area contributed by atoms with Crippen molar-refractivity contribution in [3.8, 4) is 0 Å². The molecule has 0 spiro atoms. The van der Waals surface area contributed by atoms with Crippen LogP contribution in [0.5, 0.6) is 0 Å². The highest BCUT2D eigenvalue weighted by Crippen LogP contribution is 2.24. The molecule has 0 saturated carbocycles. The molecule has 0 bridgehead atoms. The second-order valence-corrected chi connectivity index (χ2v) is 6.06. The zero-order valence-corrected chi connectivity index (χ0v) is 12.3. The minimum atomic E-state index is -0.0615. The van der Waals surface area contributed by atoms with Crippen LogP contribution in [0.1, 0.15) is 12.8 Å². The summed E-state index contributed by atoms with van der Waals surface area (Å²) in [6.07, 6.45) is 7.75. The Morgan fingerprint density at radius 1 is 1.53 bits per heavy atom. The first-order valence-electron chi connectivity index (χ1n) is 6.75. The molecule has 104 valence electrons. The fourth-order valence-electron chi connectivity index (χ4n) is 2.31. The topological polar surface area (TPSA) is 35.4 Å². The molecule has 2 fully saturated rings. The minimum Gasteiger partial charge on any atom is -0.368 e. The van der Waals surface area contributed by atoms with Gasteiger partial charge in [-0.2, -0.15) is 0 Å². The number of rotatable bonds is 3. The molecular weight excluding hydrogens is 258 g/mol. The molecule has 0 atom stereocenters. The zero-order valence-electron chi connectivity index (χ0n) is 11.5. The van der Waals surface area contributed by atoms with E-state index >= 15 is 0 Å². The number of carbonyl (C=O) groups excluding carboxylic acids is 1. The Kier molecular flexibility index (Phi) is 5.07. The number of nitrogens with zero attached hydrogens (tertiary/aromatic N) is 2. The summed E-state index contributed by atoms with van der Waals surface area (Å²) in [5.74, 6) is 1.12. The molecule has 0 aromatic rings. The van der Waals surface area contributed by atoms with E-state index in [1.54, 1.807) is 0 Å². The number of hydrogen-bond donors (Lipinski definition) is 1. The van der Waals surface area contributed by atoms with Gasteiger partial charge in [0, 0.05) is 44.3 Å². The third-order valence-corrected chi connectivity index (χ3v) is 4.67. The van der Waals surface area contributed by atoms with Crippen LogP contribution in [0.3, 0.4) is 0 Å². The lowest BCUT2D eigenvalue weighted by Gasteiger charge is -2.21. The summed E-state index contributed by atoms with van der Waals surface area (Å²) in [6, 6.07) is 0.298. The van der Waals surface area contributed by atoms with E-state index in [2.05, 4.69) is 40.7 Å². The van der Waals surface area contributed by atoms with Crippen molar-refractivity contribution in [3.05, 3.63) is 23.8 Å². The van der Waals surface area contributed by atoms with Crippen LogP contribution in [0.25, 0.3) is 0 Å². The molecule has 2 rings (SSSR count). The Morgan fingerprint density at radius 2 is 2.26 bits per heavy atom. The molecule has 0 radical (unpaired) electrons. The van der Waals surface area contributed by atoms with Crippen molar-refractivity contribution < 1.29 is 9.37 Å². The SMILES string of the molecule is C=CC(=O)NC1CC[N+](=CC=C2SCCN2C)CC1. The highest BCUT2D eigenvalue weighted by Gasteiger charge is 2.21. The number of amides is 1. The molecule has 5 heteroatoms. The maximum Gasteiger partial charge on any atom is 0.243 e. The van der Waals surface area contributed by atoms with Crippen molar-refractivity contribution in [2.45, 2.75) is 18.9 Å². The third-order valence-electron chi connectivity index (χ3n) is 3.54. The first-order valence-corrected chi connectivity index (χ1v) is 7.73. The quantitative estimate of drug-likeness (QED) is 0.620. The summed E-state index contributed by atoms with van der Waals surface area (Å²) in [4.78, 5) is 13.5. The fourth-order valence-corrected chi connectivity index (χ4v) is 3.35. The third kappa shape index (κ3) is 4.13. The smallest absolute Gasteiger partial charge is 0.243 e. The standard InChI is InChI=1S/C14H21N3OS/c1-3-13(18)15-12-4-7-17(8-5-12)9-6-14-16(2)10-11-19-14/h3,6,9,12H,1,4-5,7-8,10-11H2,2H3/p+1. The van der Waals surface area contributed by atoms with Crippen molar-refractivity contribution in [1.82, 2.24) is 10.2 Å². The van der Waals surface area contributed by atoms with E-state index in [-0.39, 0.29) is 5.91 Å². The Bertz CT molecular complexity index is 407. The lowest BCUT2D eigenvalue weighted by Crippen LogP contribution is -2.41. The van der Waals surface area contributed by atoms with Gasteiger partial charge in [-0.15, -0.1) is 11.8 Å². The molecule has 2 saturated heterocycles. The van der Waals surface area contributed by atoms with Crippen LogP contribution < -0.4 is 5.32 Å². The Balaban J connectivity index is 1.82. The van der Waals surface area contributed by atoms with Gasteiger partial charge in [0.15, 0.2) is 6.21 Å². The van der Waals surface area contributed by atoms with Gasteiger partial charge < -0.3 is 10.2 Å². The number of thioether (sulfide) groups is 1. The summed E-state index contributed by atoms with van der Waals surface area (Å²) in [5, 5.41) is 4.32. The summed E-state index contributed by atoms with van der Waals surface area (Å²) in [7, 11) is 2.14. The molecule has 4 nitrogen and oxygen atoms in total. The summed E-state index contributed by atoms with van der Waals surface area (Å²) in [5.41, 5.74) is 0. The molecule has 2 aliphatic heterocycles. The molecule has 2 heterocycles. The van der Waals surface area contributed by atoms with Crippen LogP contribution in [0.4, 0.5) is 0 Å². The average Bonchev–Trinajstić information content (AvgIpc) is 2.83. The number of nitrogens with one attached hydrogen (secondary N) is 1. The van der Waals surface area contributed by atoms with Gasteiger partial charge in [0.2, 0.25) is 5.91 Å². The second kappa shape index (κ2) is 6.80. The van der Waals surface area contributed by atoms with E-state index in [1.807, 2.05) is 11.8 Å². The molecular formula is C14H22N3OS+. The largest absolute Gasteiger partial charge is 0.368 e. The minimum absolute atomic E-state index is 0.0615. The van der Waals surface area contributed by atoms with Crippen LogP contribution in [-0.4, -0.2) is 60.1 Å². The summed E-state index contributed by atoms with van der Waals surface area (Å²) in [6.45, 7) is 6.62. The van der Waals surface area contributed by atoms with E-state index < -0.39 is 0 Å². The van der Waals surface area contributed by atoms with Crippen LogP contribution >= 0.6 is 11.8 Å². The van der Waals surface area contributed by atoms with Gasteiger partial charge in [0.1, 0.15) is 13.1 Å². The number of allylic oxidation sites excluding steroid dienone is 1. The monoisotopic (exact) mass is 280 g/mol. The maximum absolute atomic E-state index is 11.2. The van der Waals surface area contributed by atoms with Gasteiger partial charge in [-0.1, -0.05) is 6.58 Å². The van der Waals surface area contributed by atoms with Crippen molar-refractivity contribution in [2.75, 3.05) is 32.4 Å². The van der Waals surface area contributed by atoms with Crippen LogP contribution in [0.2, 0.25) is 0 Å². The van der Waals surface area contributed by atoms with Gasteiger partial charge >= 0.3 is 0 Å². The Hall–Kier alpha value is -1.23. The lowest BCUT2D eigenvalue weighted by molar-refractivity contribution is -0.533. The first-order chi connectivity index (χ1) is 9.19. The highest BCUT2D eigenvalue weighted by molar-refractivity contribution is 8.03. The van der Waals surface area contributed by atoms with Gasteiger partial charge in [-0.05, 0) is 6.08 Å². The normalized spacial score (nSPS) is 25.5. The van der Waals surface area contributed by atoms with Crippen molar-refractivity contribution in [1.29, 1.82) is 0 Å². The Morgan fingerprint density at radius 3 is 2.84 bits per heavy atom. The predicted octanol–water partition coefficient (Wildman–Crippen LogP) is 1.05. The fraction of sp³-hybridized carbons (Fsp3) is 0.571. The van der Waals surface area contributed by atoms with E-state index in [9.17, 15) is 4.79 Å². The molecule has 19 heavy (non-hydrogen) atoms. The van der Waals surface area contributed by atoms with Crippen LogP contribution in [0.15, 0.2) is 23.8 Å². The number of hydrogen-bond acceptors (Lipinski definition) is 3. The predicted molar refractivity (Wildman–Crippen MR) is 80.6 cm³/mol. The molecule has 0 aliphatic carbocycles. The van der Waals surface area contributed by atoms with E-state index in [0.717, 1.165) is 32.5 Å². The number of piperidine rings is 1. The van der Waals surface area contributed by atoms with Crippen LogP contribution in [0, 0.1) is 0 Å². The summed E-state index contributed by atoms with van der Waals surface area (Å²) < 4.78 is 2.33. The first kappa shape index (κ1) is 14.2. The summed E-state index contributed by atoms with van der Waals surface area (Å²) >= 11 is 1.91. The van der Waals surface area contributed by atoms with Crippen LogP contribution in [-0.2, 0) is 4.79 Å². The molecule has 0 aromatic carbocycles. The van der Waals surface area contributed by atoms with Crippen molar-refractivity contribution in [2.24, 2.45) is 0 Å². The number of carbonyl (C=O) groups is 1. The van der Waals surface area contributed by atoms with Gasteiger partial charge in [0.05, 0.1) is 5.03 Å². The van der Waals surface area contributed by atoms with E-state index in [0.29, 0.717) is 6.04 Å². The molecule has 0 aromatic heterocycles. The highest BCUT2D eigenvalue weighted by atomic mass is 32.2. The zero-order chi connectivity index (χ0) is 13.7. The molecule has 1 amide bonds. The maximum atomic E-state index is 11.2. The molecule has 0 unspecified atom stereocenters. The lowest BCUT2D eigenvalue weighted by atomic mass is 10.1. The van der Waals surface area contributed by atoms with Gasteiger partial charge in [0.25, 0.3) is 0 Å². The Labute approximate surface area is 119 Å². The second-order valence-electron chi connectivity index (χ2n) is 4.95. The van der Waals surface area contributed by atoms with Crippen molar-refractivity contribution >= 4 is 23.9 Å². The molecule has 2 aliphatic rings. The van der Waals surface area contributed by atoms with E-state index in [1.165, 1.54) is 16.9 Å². The van der Waals surface area contributed by atoms with E-state index in [4.69, 9.17) is 0 Å². The van der Waals surface area contributed by atoms with Crippen molar-refractivity contribution in [3.63, 3.8) is 0 Å². The average molecular weight is 280 g/mol. The molecule has 1 N–H and O–H groups in total. The van der Waals surface area contributed by atoms with Gasteiger partial charge in [-0.25, -0.2) is 4.58 Å². The van der Waals surface area contributed by atoms with Gasteiger partial charge in [-0.3, -0.25) is 4.79 Å².